The molecule has 0 N–H and O–H groups in total. The Hall–Kier alpha value is -1.83. The molecular weight excluding hydrogens is 293 g/mol. The zero-order valence-electron chi connectivity index (χ0n) is 10.1. The summed E-state index contributed by atoms with van der Waals surface area (Å²) in [6.07, 6.45) is -3.62. The molecule has 106 valence electrons. The second kappa shape index (κ2) is 6.56. The maximum Gasteiger partial charge on any atom is 0.296 e. The molecule has 0 amide bonds. The van der Waals surface area contributed by atoms with Crippen LogP contribution in [0.2, 0.25) is 0 Å². The first-order valence-corrected chi connectivity index (χ1v) is 6.54. The monoisotopic (exact) mass is 302 g/mol. The standard InChI is InChI=1S/C12H9F3N2O2S/c13-7-1-3-8(4-2-7)20-6-10-16-11(19-17-10)5-9(18)12(14)15/h1-4,12H,5-6H2. The van der Waals surface area contributed by atoms with Crippen molar-refractivity contribution in [2.24, 2.45) is 0 Å². The Morgan fingerprint density at radius 2 is 2.00 bits per heavy atom. The van der Waals surface area contributed by atoms with Gasteiger partial charge in [0.15, 0.2) is 5.82 Å². The highest BCUT2D eigenvalue weighted by molar-refractivity contribution is 7.98. The summed E-state index contributed by atoms with van der Waals surface area (Å²) in [4.78, 5) is 15.5. The van der Waals surface area contributed by atoms with Crippen LogP contribution in [0.4, 0.5) is 13.2 Å². The Labute approximate surface area is 116 Å². The van der Waals surface area contributed by atoms with Crippen LogP contribution in [0.1, 0.15) is 11.7 Å². The molecule has 0 aliphatic heterocycles. The summed E-state index contributed by atoms with van der Waals surface area (Å²) in [5.41, 5.74) is 0. The average Bonchev–Trinajstić information content (AvgIpc) is 2.85. The molecule has 0 unspecified atom stereocenters. The van der Waals surface area contributed by atoms with E-state index in [4.69, 9.17) is 4.52 Å². The van der Waals surface area contributed by atoms with Crippen LogP contribution in [0.15, 0.2) is 33.7 Å². The molecule has 0 atom stereocenters. The number of ketones is 1. The molecule has 0 radical (unpaired) electrons. The van der Waals surface area contributed by atoms with Gasteiger partial charge in [-0.2, -0.15) is 4.98 Å². The van der Waals surface area contributed by atoms with Gasteiger partial charge >= 0.3 is 0 Å². The Morgan fingerprint density at radius 1 is 1.30 bits per heavy atom. The minimum absolute atomic E-state index is 0.134. The zero-order chi connectivity index (χ0) is 14.5. The molecular formula is C12H9F3N2O2S. The number of carbonyl (C=O) groups excluding carboxylic acids is 1. The van der Waals surface area contributed by atoms with E-state index in [-0.39, 0.29) is 17.5 Å². The fourth-order valence-electron chi connectivity index (χ4n) is 1.33. The zero-order valence-corrected chi connectivity index (χ0v) is 10.9. The maximum atomic E-state index is 12.7. The van der Waals surface area contributed by atoms with Crippen LogP contribution in [-0.4, -0.2) is 22.3 Å². The molecule has 2 aromatic rings. The maximum absolute atomic E-state index is 12.7. The van der Waals surface area contributed by atoms with Gasteiger partial charge in [-0.15, -0.1) is 11.8 Å². The molecule has 8 heteroatoms. The van der Waals surface area contributed by atoms with Gasteiger partial charge in [0.2, 0.25) is 11.7 Å². The summed E-state index contributed by atoms with van der Waals surface area (Å²) in [6.45, 7) is 0. The third-order valence-corrected chi connectivity index (χ3v) is 3.27. The normalized spacial score (nSPS) is 11.0. The van der Waals surface area contributed by atoms with Crippen molar-refractivity contribution in [1.29, 1.82) is 0 Å². The van der Waals surface area contributed by atoms with E-state index >= 15 is 0 Å². The minimum Gasteiger partial charge on any atom is -0.339 e. The average molecular weight is 302 g/mol. The molecule has 0 aliphatic carbocycles. The molecule has 1 heterocycles. The highest BCUT2D eigenvalue weighted by atomic mass is 32.2. The van der Waals surface area contributed by atoms with E-state index in [2.05, 4.69) is 10.1 Å². The first-order valence-electron chi connectivity index (χ1n) is 5.55. The molecule has 1 aromatic heterocycles. The number of thioether (sulfide) groups is 1. The lowest BCUT2D eigenvalue weighted by Gasteiger charge is -1.97. The van der Waals surface area contributed by atoms with E-state index in [1.54, 1.807) is 12.1 Å². The number of aromatic nitrogens is 2. The van der Waals surface area contributed by atoms with Crippen molar-refractivity contribution >= 4 is 17.5 Å². The summed E-state index contributed by atoms with van der Waals surface area (Å²) in [6, 6.07) is 5.85. The second-order valence-corrected chi connectivity index (χ2v) is 4.84. The SMILES string of the molecule is O=C(Cc1nc(CSc2ccc(F)cc2)no1)C(F)F. The molecule has 2 rings (SSSR count). The molecule has 0 saturated heterocycles. The van der Waals surface area contributed by atoms with Gasteiger partial charge in [-0.05, 0) is 24.3 Å². The van der Waals surface area contributed by atoms with Gasteiger partial charge in [-0.1, -0.05) is 5.16 Å². The molecule has 20 heavy (non-hydrogen) atoms. The van der Waals surface area contributed by atoms with Gasteiger partial charge in [0, 0.05) is 4.90 Å². The number of hydrogen-bond acceptors (Lipinski definition) is 5. The molecule has 0 bridgehead atoms. The number of nitrogens with zero attached hydrogens (tertiary/aromatic N) is 2. The predicted molar refractivity (Wildman–Crippen MR) is 65.0 cm³/mol. The van der Waals surface area contributed by atoms with Crippen LogP contribution in [0.5, 0.6) is 0 Å². The topological polar surface area (TPSA) is 56.0 Å². The van der Waals surface area contributed by atoms with E-state index < -0.39 is 18.6 Å². The third kappa shape index (κ3) is 4.09. The van der Waals surface area contributed by atoms with Crippen molar-refractivity contribution in [3.05, 3.63) is 41.8 Å². The number of alkyl halides is 2. The fraction of sp³-hybridized carbons (Fsp3) is 0.250. The van der Waals surface area contributed by atoms with E-state index in [9.17, 15) is 18.0 Å². The summed E-state index contributed by atoms with van der Waals surface area (Å²) in [5, 5.41) is 3.58. The number of rotatable bonds is 6. The van der Waals surface area contributed by atoms with Crippen LogP contribution in [-0.2, 0) is 17.0 Å². The van der Waals surface area contributed by atoms with Crippen LogP contribution >= 0.6 is 11.8 Å². The van der Waals surface area contributed by atoms with Gasteiger partial charge in [0.05, 0.1) is 12.2 Å². The minimum atomic E-state index is -3.04. The van der Waals surface area contributed by atoms with Gasteiger partial charge in [-0.25, -0.2) is 13.2 Å². The first-order chi connectivity index (χ1) is 9.54. The van der Waals surface area contributed by atoms with Crippen molar-refractivity contribution in [2.75, 3.05) is 0 Å². The lowest BCUT2D eigenvalue weighted by atomic mass is 10.3. The van der Waals surface area contributed by atoms with E-state index in [1.807, 2.05) is 0 Å². The van der Waals surface area contributed by atoms with Crippen molar-refractivity contribution in [3.63, 3.8) is 0 Å². The van der Waals surface area contributed by atoms with Crippen LogP contribution < -0.4 is 0 Å². The van der Waals surface area contributed by atoms with Gasteiger partial charge in [0.1, 0.15) is 5.82 Å². The van der Waals surface area contributed by atoms with E-state index in [0.29, 0.717) is 5.75 Å². The second-order valence-electron chi connectivity index (χ2n) is 3.79. The summed E-state index contributed by atoms with van der Waals surface area (Å²) in [5.74, 6) is -1.10. The summed E-state index contributed by atoms with van der Waals surface area (Å²) in [7, 11) is 0. The number of Topliss-reactive ketones (excluding diaryl/α,β-unsaturated/α-hetero) is 1. The molecule has 1 aromatic carbocycles. The van der Waals surface area contributed by atoms with Crippen LogP contribution in [0.3, 0.4) is 0 Å². The molecule has 0 spiro atoms. The Kier molecular flexibility index (Phi) is 4.78. The molecule has 0 saturated carbocycles. The fourth-order valence-corrected chi connectivity index (χ4v) is 2.07. The molecule has 0 aliphatic rings. The van der Waals surface area contributed by atoms with Crippen molar-refractivity contribution < 1.29 is 22.5 Å². The molecule has 0 fully saturated rings. The number of benzene rings is 1. The Balaban J connectivity index is 1.89. The first kappa shape index (κ1) is 14.6. The van der Waals surface area contributed by atoms with E-state index in [0.717, 1.165) is 4.90 Å². The summed E-state index contributed by atoms with van der Waals surface area (Å²) < 4.78 is 41.5. The Morgan fingerprint density at radius 3 is 2.65 bits per heavy atom. The van der Waals surface area contributed by atoms with Gasteiger partial charge < -0.3 is 4.52 Å². The van der Waals surface area contributed by atoms with Gasteiger partial charge in [-0.3, -0.25) is 4.79 Å². The molecule has 4 nitrogen and oxygen atoms in total. The number of carbonyl (C=O) groups is 1. The lowest BCUT2D eigenvalue weighted by Crippen LogP contribution is -2.12. The highest BCUT2D eigenvalue weighted by Crippen LogP contribution is 2.21. The predicted octanol–water partition coefficient (Wildman–Crippen LogP) is 2.88. The smallest absolute Gasteiger partial charge is 0.296 e. The third-order valence-electron chi connectivity index (χ3n) is 2.26. The van der Waals surface area contributed by atoms with Gasteiger partial charge in [0.25, 0.3) is 6.43 Å². The van der Waals surface area contributed by atoms with Crippen molar-refractivity contribution in [2.45, 2.75) is 23.5 Å². The van der Waals surface area contributed by atoms with E-state index in [1.165, 1.54) is 23.9 Å². The lowest BCUT2D eigenvalue weighted by molar-refractivity contribution is -0.129. The highest BCUT2D eigenvalue weighted by Gasteiger charge is 2.19. The van der Waals surface area contributed by atoms with Crippen LogP contribution in [0, 0.1) is 5.82 Å². The van der Waals surface area contributed by atoms with Crippen molar-refractivity contribution in [1.82, 2.24) is 10.1 Å². The quantitative estimate of drug-likeness (QED) is 0.768. The number of halogens is 3. The summed E-state index contributed by atoms with van der Waals surface area (Å²) >= 11 is 1.34. The number of hydrogen-bond donors (Lipinski definition) is 0. The van der Waals surface area contributed by atoms with Crippen molar-refractivity contribution in [3.8, 4) is 0 Å². The largest absolute Gasteiger partial charge is 0.339 e. The van der Waals surface area contributed by atoms with Crippen LogP contribution in [0.25, 0.3) is 0 Å². The Bertz CT molecular complexity index is 587.